The molecule has 0 saturated heterocycles. The molecule has 4 N–H and O–H groups in total. The standard InChI is InChI=1S/C25H22N2O4/c1-14(28)27-16-8-6-15(7-9-16)24-20(19-12-26-21-5-3-2-4-18(19)21)13-31-23-11-17(29)10-22(30)25(23)24/h2-12,20,24,26,29-30H,13H2,1H3,(H,27,28). The zero-order chi connectivity index (χ0) is 21.5. The van der Waals surface area contributed by atoms with E-state index < -0.39 is 0 Å². The Labute approximate surface area is 179 Å². The Kier molecular flexibility index (Phi) is 4.55. The van der Waals surface area contributed by atoms with Crippen LogP contribution in [0.1, 0.15) is 35.4 Å². The molecule has 0 aliphatic carbocycles. The highest BCUT2D eigenvalue weighted by Crippen LogP contribution is 2.51. The van der Waals surface area contributed by atoms with Crippen LogP contribution in [0.2, 0.25) is 0 Å². The van der Waals surface area contributed by atoms with Crippen molar-refractivity contribution in [1.82, 2.24) is 4.98 Å². The second kappa shape index (κ2) is 7.40. The maximum atomic E-state index is 11.4. The Balaban J connectivity index is 1.66. The lowest BCUT2D eigenvalue weighted by atomic mass is 9.75. The van der Waals surface area contributed by atoms with E-state index in [1.54, 1.807) is 6.07 Å². The Hall–Kier alpha value is -3.93. The molecule has 3 aromatic carbocycles. The number of carbonyl (C=O) groups is 1. The number of hydrogen-bond acceptors (Lipinski definition) is 4. The Morgan fingerprint density at radius 2 is 1.87 bits per heavy atom. The number of ether oxygens (including phenoxy) is 1. The Bertz CT molecular complexity index is 1280. The third-order valence-electron chi connectivity index (χ3n) is 5.85. The number of carbonyl (C=O) groups excluding carboxylic acids is 1. The summed E-state index contributed by atoms with van der Waals surface area (Å²) >= 11 is 0. The van der Waals surface area contributed by atoms with Crippen molar-refractivity contribution in [3.63, 3.8) is 0 Å². The van der Waals surface area contributed by atoms with E-state index in [1.807, 2.05) is 48.7 Å². The van der Waals surface area contributed by atoms with E-state index in [4.69, 9.17) is 4.74 Å². The molecule has 0 saturated carbocycles. The van der Waals surface area contributed by atoms with Crippen LogP contribution in [0.15, 0.2) is 66.9 Å². The lowest BCUT2D eigenvalue weighted by Gasteiger charge is -2.34. The molecule has 31 heavy (non-hydrogen) atoms. The minimum absolute atomic E-state index is 0.00419. The van der Waals surface area contributed by atoms with Crippen molar-refractivity contribution in [2.75, 3.05) is 11.9 Å². The van der Waals surface area contributed by atoms with Crippen LogP contribution in [0.5, 0.6) is 17.2 Å². The Morgan fingerprint density at radius 3 is 2.65 bits per heavy atom. The first kappa shape index (κ1) is 19.1. The molecule has 0 bridgehead atoms. The topological polar surface area (TPSA) is 94.6 Å². The first-order valence-corrected chi connectivity index (χ1v) is 10.1. The highest BCUT2D eigenvalue weighted by Gasteiger charge is 2.37. The third kappa shape index (κ3) is 3.36. The zero-order valence-electron chi connectivity index (χ0n) is 16.9. The number of aromatic hydroxyl groups is 2. The average molecular weight is 414 g/mol. The molecule has 2 unspecified atom stereocenters. The first-order valence-electron chi connectivity index (χ1n) is 10.1. The molecule has 2 atom stereocenters. The largest absolute Gasteiger partial charge is 0.508 e. The van der Waals surface area contributed by atoms with Crippen LogP contribution in [-0.2, 0) is 4.79 Å². The van der Waals surface area contributed by atoms with Gasteiger partial charge in [0.15, 0.2) is 0 Å². The fourth-order valence-electron chi connectivity index (χ4n) is 4.55. The molecule has 1 amide bonds. The van der Waals surface area contributed by atoms with Gasteiger partial charge in [0.2, 0.25) is 5.91 Å². The van der Waals surface area contributed by atoms with Gasteiger partial charge in [0.1, 0.15) is 17.2 Å². The number of nitrogens with one attached hydrogen (secondary N) is 2. The fourth-order valence-corrected chi connectivity index (χ4v) is 4.55. The minimum atomic E-state index is -0.199. The van der Waals surface area contributed by atoms with Crippen LogP contribution >= 0.6 is 0 Å². The van der Waals surface area contributed by atoms with Crippen molar-refractivity contribution >= 4 is 22.5 Å². The molecule has 6 nitrogen and oxygen atoms in total. The number of rotatable bonds is 3. The van der Waals surface area contributed by atoms with Gasteiger partial charge in [-0.15, -0.1) is 0 Å². The second-order valence-corrected chi connectivity index (χ2v) is 7.86. The molecule has 1 aliphatic heterocycles. The van der Waals surface area contributed by atoms with E-state index in [9.17, 15) is 15.0 Å². The number of aromatic amines is 1. The average Bonchev–Trinajstić information content (AvgIpc) is 3.17. The SMILES string of the molecule is CC(=O)Nc1ccc(C2c3c(O)cc(O)cc3OCC2c2c[nH]c3ccccc23)cc1. The number of fused-ring (bicyclic) bond motifs is 2. The summed E-state index contributed by atoms with van der Waals surface area (Å²) in [6.07, 6.45) is 2.00. The zero-order valence-corrected chi connectivity index (χ0v) is 16.9. The van der Waals surface area contributed by atoms with Crippen LogP contribution < -0.4 is 10.1 Å². The maximum absolute atomic E-state index is 11.4. The quantitative estimate of drug-likeness (QED) is 0.386. The number of H-pyrrole nitrogens is 1. The van der Waals surface area contributed by atoms with Crippen molar-refractivity contribution in [3.8, 4) is 17.2 Å². The van der Waals surface area contributed by atoms with E-state index in [-0.39, 0.29) is 29.2 Å². The normalized spacial score (nSPS) is 17.7. The van der Waals surface area contributed by atoms with Crippen molar-refractivity contribution in [3.05, 3.63) is 83.6 Å². The van der Waals surface area contributed by atoms with Gasteiger partial charge in [-0.25, -0.2) is 0 Å². The molecule has 0 spiro atoms. The van der Waals surface area contributed by atoms with E-state index in [0.717, 1.165) is 22.0 Å². The van der Waals surface area contributed by atoms with Gasteiger partial charge >= 0.3 is 0 Å². The number of phenols is 2. The number of amides is 1. The molecule has 1 aromatic heterocycles. The predicted octanol–water partition coefficient (Wildman–Crippen LogP) is 4.85. The van der Waals surface area contributed by atoms with E-state index in [0.29, 0.717) is 23.6 Å². The van der Waals surface area contributed by atoms with Gasteiger partial charge in [0, 0.05) is 59.2 Å². The predicted molar refractivity (Wildman–Crippen MR) is 119 cm³/mol. The lowest BCUT2D eigenvalue weighted by Crippen LogP contribution is -2.25. The van der Waals surface area contributed by atoms with Gasteiger partial charge in [-0.2, -0.15) is 0 Å². The van der Waals surface area contributed by atoms with Gasteiger partial charge in [-0.1, -0.05) is 30.3 Å². The summed E-state index contributed by atoms with van der Waals surface area (Å²) in [5.74, 6) is 0.0381. The minimum Gasteiger partial charge on any atom is -0.508 e. The molecule has 156 valence electrons. The molecule has 5 rings (SSSR count). The van der Waals surface area contributed by atoms with Crippen LogP contribution in [-0.4, -0.2) is 27.7 Å². The molecule has 0 fully saturated rings. The van der Waals surface area contributed by atoms with Crippen molar-refractivity contribution in [2.24, 2.45) is 0 Å². The number of hydrogen-bond donors (Lipinski definition) is 4. The molecule has 6 heteroatoms. The summed E-state index contributed by atoms with van der Waals surface area (Å²) in [6, 6.07) is 18.6. The summed E-state index contributed by atoms with van der Waals surface area (Å²) < 4.78 is 6.01. The maximum Gasteiger partial charge on any atom is 0.221 e. The van der Waals surface area contributed by atoms with E-state index in [1.165, 1.54) is 13.0 Å². The van der Waals surface area contributed by atoms with Crippen LogP contribution in [0.25, 0.3) is 10.9 Å². The van der Waals surface area contributed by atoms with E-state index >= 15 is 0 Å². The van der Waals surface area contributed by atoms with Crippen LogP contribution in [0, 0.1) is 0 Å². The van der Waals surface area contributed by atoms with Gasteiger partial charge in [-0.3, -0.25) is 4.79 Å². The monoisotopic (exact) mass is 414 g/mol. The summed E-state index contributed by atoms with van der Waals surface area (Å²) in [5, 5.41) is 24.6. The second-order valence-electron chi connectivity index (χ2n) is 7.86. The third-order valence-corrected chi connectivity index (χ3v) is 5.85. The summed E-state index contributed by atoms with van der Waals surface area (Å²) in [7, 11) is 0. The lowest BCUT2D eigenvalue weighted by molar-refractivity contribution is -0.114. The van der Waals surface area contributed by atoms with Crippen molar-refractivity contribution in [1.29, 1.82) is 0 Å². The summed E-state index contributed by atoms with van der Waals surface area (Å²) in [5.41, 5.74) is 4.48. The van der Waals surface area contributed by atoms with Gasteiger partial charge in [0.25, 0.3) is 0 Å². The first-order chi connectivity index (χ1) is 15.0. The fraction of sp³-hybridized carbons (Fsp3) is 0.160. The number of benzene rings is 3. The number of aromatic nitrogens is 1. The Morgan fingerprint density at radius 1 is 1.10 bits per heavy atom. The van der Waals surface area contributed by atoms with Crippen molar-refractivity contribution in [2.45, 2.75) is 18.8 Å². The highest BCUT2D eigenvalue weighted by molar-refractivity contribution is 5.88. The molecule has 2 heterocycles. The molecular weight excluding hydrogens is 392 g/mol. The number of anilines is 1. The smallest absolute Gasteiger partial charge is 0.221 e. The van der Waals surface area contributed by atoms with E-state index in [2.05, 4.69) is 16.4 Å². The number of para-hydroxylation sites is 1. The molecule has 4 aromatic rings. The molecule has 0 radical (unpaired) electrons. The van der Waals surface area contributed by atoms with Crippen LogP contribution in [0.4, 0.5) is 5.69 Å². The van der Waals surface area contributed by atoms with Crippen molar-refractivity contribution < 1.29 is 19.7 Å². The summed E-state index contributed by atoms with van der Waals surface area (Å²) in [6.45, 7) is 1.87. The molecule has 1 aliphatic rings. The highest BCUT2D eigenvalue weighted by atomic mass is 16.5. The molecular formula is C25H22N2O4. The van der Waals surface area contributed by atoms with Gasteiger partial charge < -0.3 is 25.3 Å². The van der Waals surface area contributed by atoms with Gasteiger partial charge in [-0.05, 0) is 29.3 Å². The van der Waals surface area contributed by atoms with Crippen LogP contribution in [0.3, 0.4) is 0 Å². The number of phenolic OH excluding ortho intramolecular Hbond substituents is 2. The van der Waals surface area contributed by atoms with Gasteiger partial charge in [0.05, 0.1) is 6.61 Å². The summed E-state index contributed by atoms with van der Waals surface area (Å²) in [4.78, 5) is 14.7.